The van der Waals surface area contributed by atoms with Gasteiger partial charge in [0.2, 0.25) is 0 Å². The van der Waals surface area contributed by atoms with E-state index in [0.29, 0.717) is 38.4 Å². The summed E-state index contributed by atoms with van der Waals surface area (Å²) in [6.45, 7) is 5.97. The van der Waals surface area contributed by atoms with Crippen molar-refractivity contribution in [1.29, 1.82) is 0 Å². The highest BCUT2D eigenvalue weighted by atomic mass is 19.4. The molecule has 2 aromatic carbocycles. The molecule has 0 radical (unpaired) electrons. The third kappa shape index (κ3) is 5.33. The third-order valence-corrected chi connectivity index (χ3v) is 6.82. The molecule has 3 heterocycles. The van der Waals surface area contributed by atoms with E-state index in [0.717, 1.165) is 36.9 Å². The second-order valence-corrected chi connectivity index (χ2v) is 9.24. The number of halogens is 3. The summed E-state index contributed by atoms with van der Waals surface area (Å²) in [7, 11) is 0. The third-order valence-electron chi connectivity index (χ3n) is 6.82. The van der Waals surface area contributed by atoms with Gasteiger partial charge in [-0.2, -0.15) is 13.2 Å². The molecule has 1 aromatic heterocycles. The van der Waals surface area contributed by atoms with E-state index in [-0.39, 0.29) is 12.1 Å². The predicted octanol–water partition coefficient (Wildman–Crippen LogP) is 4.09. The van der Waals surface area contributed by atoms with Crippen molar-refractivity contribution in [3.05, 3.63) is 71.0 Å². The number of rotatable bonds is 6. The lowest BCUT2D eigenvalue weighted by molar-refractivity contribution is -0.137. The van der Waals surface area contributed by atoms with Crippen molar-refractivity contribution in [1.82, 2.24) is 25.1 Å². The molecule has 2 unspecified atom stereocenters. The Morgan fingerprint density at radius 3 is 2.51 bits per heavy atom. The van der Waals surface area contributed by atoms with Gasteiger partial charge in [-0.15, -0.1) is 5.10 Å². The van der Waals surface area contributed by atoms with E-state index in [1.54, 1.807) is 6.07 Å². The Balaban J connectivity index is 1.37. The molecule has 5 rings (SSSR count). The molecule has 2 aliphatic rings. The van der Waals surface area contributed by atoms with Gasteiger partial charge in [-0.05, 0) is 54.0 Å². The molecule has 0 saturated carbocycles. The van der Waals surface area contributed by atoms with Crippen LogP contribution < -0.4 is 4.90 Å². The average molecular weight is 487 g/mol. The van der Waals surface area contributed by atoms with Gasteiger partial charge in [-0.1, -0.05) is 35.9 Å². The maximum absolute atomic E-state index is 13.2. The first-order chi connectivity index (χ1) is 16.9. The van der Waals surface area contributed by atoms with Crippen molar-refractivity contribution in [2.75, 3.05) is 37.7 Å². The molecular formula is C25H29F3N6O. The number of benzene rings is 2. The minimum absolute atomic E-state index is 0.105. The van der Waals surface area contributed by atoms with Crippen LogP contribution in [0.25, 0.3) is 0 Å². The lowest BCUT2D eigenvalue weighted by Gasteiger charge is -2.40. The van der Waals surface area contributed by atoms with Gasteiger partial charge < -0.3 is 9.64 Å². The van der Waals surface area contributed by atoms with Crippen LogP contribution in [0.1, 0.15) is 41.4 Å². The average Bonchev–Trinajstić information content (AvgIpc) is 3.53. The van der Waals surface area contributed by atoms with Crippen LogP contribution in [0, 0.1) is 6.92 Å². The summed E-state index contributed by atoms with van der Waals surface area (Å²) in [6, 6.07) is 13.8. The van der Waals surface area contributed by atoms with E-state index >= 15 is 0 Å². The molecule has 0 N–H and O–H groups in total. The molecule has 0 spiro atoms. The number of ether oxygens (including phenoxy) is 1. The Kier molecular flexibility index (Phi) is 6.75. The minimum Gasteiger partial charge on any atom is -0.376 e. The van der Waals surface area contributed by atoms with Crippen molar-refractivity contribution in [2.45, 2.75) is 44.6 Å². The SMILES string of the molecule is Cc1ccc(C(c2nnnn2CC2CCCO2)N2CCN(c3cccc(C(F)(F)F)c3)CC2)cc1. The molecule has 2 fully saturated rings. The van der Waals surface area contributed by atoms with Crippen LogP contribution >= 0.6 is 0 Å². The summed E-state index contributed by atoms with van der Waals surface area (Å²) in [5, 5.41) is 12.7. The maximum Gasteiger partial charge on any atom is 0.416 e. The lowest BCUT2D eigenvalue weighted by atomic mass is 10.0. The van der Waals surface area contributed by atoms with E-state index in [1.165, 1.54) is 17.7 Å². The summed E-state index contributed by atoms with van der Waals surface area (Å²) in [5.41, 5.74) is 2.23. The zero-order valence-electron chi connectivity index (χ0n) is 19.7. The summed E-state index contributed by atoms with van der Waals surface area (Å²) in [5.74, 6) is 0.761. The first-order valence-corrected chi connectivity index (χ1v) is 12.0. The summed E-state index contributed by atoms with van der Waals surface area (Å²) >= 11 is 0. The largest absolute Gasteiger partial charge is 0.416 e. The molecular weight excluding hydrogens is 457 g/mol. The fraction of sp³-hybridized carbons (Fsp3) is 0.480. The quantitative estimate of drug-likeness (QED) is 0.523. The van der Waals surface area contributed by atoms with Gasteiger partial charge in [0.1, 0.15) is 0 Å². The second kappa shape index (κ2) is 9.94. The van der Waals surface area contributed by atoms with Crippen molar-refractivity contribution in [2.24, 2.45) is 0 Å². The van der Waals surface area contributed by atoms with Gasteiger partial charge in [0.05, 0.1) is 24.3 Å². The van der Waals surface area contributed by atoms with Gasteiger partial charge in [0.25, 0.3) is 0 Å². The first kappa shape index (κ1) is 23.7. The van der Waals surface area contributed by atoms with Crippen LogP contribution in [0.15, 0.2) is 48.5 Å². The predicted molar refractivity (Wildman–Crippen MR) is 125 cm³/mol. The van der Waals surface area contributed by atoms with Crippen LogP contribution in [-0.4, -0.2) is 64.0 Å². The summed E-state index contributed by atoms with van der Waals surface area (Å²) in [6.07, 6.45) is -2.21. The monoisotopic (exact) mass is 486 g/mol. The number of piperazine rings is 1. The fourth-order valence-corrected chi connectivity index (χ4v) is 4.91. The minimum atomic E-state index is -4.35. The Morgan fingerprint density at radius 2 is 1.83 bits per heavy atom. The van der Waals surface area contributed by atoms with E-state index < -0.39 is 11.7 Å². The Labute approximate surface area is 202 Å². The number of alkyl halides is 3. The van der Waals surface area contributed by atoms with Crippen LogP contribution in [0.2, 0.25) is 0 Å². The molecule has 2 aliphatic heterocycles. The standard InChI is InChI=1S/C25H29F3N6O/c1-18-7-9-19(10-8-18)23(24-29-30-31-34(24)17-22-6-3-15-35-22)33-13-11-32(12-14-33)21-5-2-4-20(16-21)25(26,27)28/h2,4-5,7-10,16,22-23H,3,6,11-15,17H2,1H3. The lowest BCUT2D eigenvalue weighted by Crippen LogP contribution is -2.48. The van der Waals surface area contributed by atoms with Crippen molar-refractivity contribution in [3.8, 4) is 0 Å². The Hall–Kier alpha value is -2.98. The van der Waals surface area contributed by atoms with Crippen LogP contribution in [0.3, 0.4) is 0 Å². The number of hydrogen-bond donors (Lipinski definition) is 0. The molecule has 0 amide bonds. The smallest absolute Gasteiger partial charge is 0.376 e. The molecule has 0 aliphatic carbocycles. The van der Waals surface area contributed by atoms with E-state index in [4.69, 9.17) is 4.74 Å². The number of tetrazole rings is 1. The molecule has 0 bridgehead atoms. The highest BCUT2D eigenvalue weighted by molar-refractivity contribution is 5.49. The molecule has 2 saturated heterocycles. The molecule has 3 aromatic rings. The van der Waals surface area contributed by atoms with Crippen LogP contribution in [0.4, 0.5) is 18.9 Å². The zero-order chi connectivity index (χ0) is 24.4. The van der Waals surface area contributed by atoms with E-state index in [1.807, 2.05) is 16.5 Å². The molecule has 186 valence electrons. The van der Waals surface area contributed by atoms with Crippen molar-refractivity contribution in [3.63, 3.8) is 0 Å². The summed E-state index contributed by atoms with van der Waals surface area (Å²) < 4.78 is 47.3. The number of aromatic nitrogens is 4. The van der Waals surface area contributed by atoms with Gasteiger partial charge in [0, 0.05) is 38.5 Å². The van der Waals surface area contributed by atoms with Gasteiger partial charge >= 0.3 is 6.18 Å². The van der Waals surface area contributed by atoms with Crippen molar-refractivity contribution < 1.29 is 17.9 Å². The van der Waals surface area contributed by atoms with Gasteiger partial charge in [0.15, 0.2) is 5.82 Å². The molecule has 35 heavy (non-hydrogen) atoms. The topological polar surface area (TPSA) is 59.3 Å². The highest BCUT2D eigenvalue weighted by Gasteiger charge is 2.33. The molecule has 10 heteroatoms. The number of anilines is 1. The second-order valence-electron chi connectivity index (χ2n) is 9.24. The normalized spacial score (nSPS) is 20.3. The van der Waals surface area contributed by atoms with Crippen LogP contribution in [0.5, 0.6) is 0 Å². The Bertz CT molecular complexity index is 1120. The number of aryl methyl sites for hydroxylation is 1. The number of hydrogen-bond acceptors (Lipinski definition) is 6. The first-order valence-electron chi connectivity index (χ1n) is 12.0. The molecule has 2 atom stereocenters. The van der Waals surface area contributed by atoms with Crippen LogP contribution in [-0.2, 0) is 17.5 Å². The Morgan fingerprint density at radius 1 is 1.06 bits per heavy atom. The van der Waals surface area contributed by atoms with Gasteiger partial charge in [-0.3, -0.25) is 4.90 Å². The van der Waals surface area contributed by atoms with Crippen molar-refractivity contribution >= 4 is 5.69 Å². The highest BCUT2D eigenvalue weighted by Crippen LogP contribution is 2.33. The van der Waals surface area contributed by atoms with Gasteiger partial charge in [-0.25, -0.2) is 4.68 Å². The molecule has 7 nitrogen and oxygen atoms in total. The maximum atomic E-state index is 13.2. The number of nitrogens with zero attached hydrogens (tertiary/aromatic N) is 6. The van der Waals surface area contributed by atoms with E-state index in [2.05, 4.69) is 44.7 Å². The fourth-order valence-electron chi connectivity index (χ4n) is 4.91. The summed E-state index contributed by atoms with van der Waals surface area (Å²) in [4.78, 5) is 4.32. The van der Waals surface area contributed by atoms with E-state index in [9.17, 15) is 13.2 Å². The zero-order valence-corrected chi connectivity index (χ0v) is 19.7.